The molecule has 0 amide bonds. The van der Waals surface area contributed by atoms with Crippen LogP contribution in [0.1, 0.15) is 0 Å². The molecule has 5 nitrogen and oxygen atoms in total. The molecule has 18 heavy (non-hydrogen) atoms. The van der Waals surface area contributed by atoms with Gasteiger partial charge in [-0.1, -0.05) is 0 Å². The van der Waals surface area contributed by atoms with E-state index in [9.17, 15) is 4.79 Å². The summed E-state index contributed by atoms with van der Waals surface area (Å²) in [7, 11) is 0. The van der Waals surface area contributed by atoms with Crippen molar-refractivity contribution in [1.29, 1.82) is 0 Å². The van der Waals surface area contributed by atoms with Gasteiger partial charge in [0.1, 0.15) is 0 Å². The van der Waals surface area contributed by atoms with Crippen LogP contribution < -0.4 is 5.56 Å². The fourth-order valence-corrected chi connectivity index (χ4v) is 1.74. The molecule has 0 radical (unpaired) electrons. The monoisotopic (exact) mass is 238 g/mol. The lowest BCUT2D eigenvalue weighted by Gasteiger charge is -1.94. The van der Waals surface area contributed by atoms with Crippen LogP contribution in [0, 0.1) is 0 Å². The van der Waals surface area contributed by atoms with Crippen molar-refractivity contribution in [3.8, 4) is 22.5 Å². The van der Waals surface area contributed by atoms with Gasteiger partial charge in [0.05, 0.1) is 11.4 Å². The van der Waals surface area contributed by atoms with Crippen LogP contribution in [-0.4, -0.2) is 20.2 Å². The maximum absolute atomic E-state index is 11.2. The van der Waals surface area contributed by atoms with Gasteiger partial charge in [-0.05, 0) is 24.3 Å². The van der Waals surface area contributed by atoms with Crippen molar-refractivity contribution in [2.75, 3.05) is 0 Å². The van der Waals surface area contributed by atoms with Crippen molar-refractivity contribution < 1.29 is 0 Å². The molecule has 2 N–H and O–H groups in total. The number of pyridine rings is 2. The van der Waals surface area contributed by atoms with Gasteiger partial charge in [-0.3, -0.25) is 14.9 Å². The Hall–Kier alpha value is -2.69. The van der Waals surface area contributed by atoms with E-state index in [0.29, 0.717) is 0 Å². The first-order valence-corrected chi connectivity index (χ1v) is 5.48. The summed E-state index contributed by atoms with van der Waals surface area (Å²) in [6, 6.07) is 9.04. The summed E-state index contributed by atoms with van der Waals surface area (Å²) in [6.07, 6.45) is 5.08. The van der Waals surface area contributed by atoms with Gasteiger partial charge in [0.15, 0.2) is 0 Å². The van der Waals surface area contributed by atoms with Gasteiger partial charge in [0.25, 0.3) is 0 Å². The Labute approximate surface area is 103 Å². The summed E-state index contributed by atoms with van der Waals surface area (Å²) >= 11 is 0. The van der Waals surface area contributed by atoms with Crippen molar-refractivity contribution >= 4 is 0 Å². The van der Waals surface area contributed by atoms with Gasteiger partial charge in [-0.15, -0.1) is 0 Å². The van der Waals surface area contributed by atoms with Crippen LogP contribution in [0.25, 0.3) is 22.5 Å². The molecule has 0 aromatic carbocycles. The van der Waals surface area contributed by atoms with Crippen LogP contribution in [0.3, 0.4) is 0 Å². The Morgan fingerprint density at radius 1 is 1.11 bits per heavy atom. The number of nitrogens with zero attached hydrogens (tertiary/aromatic N) is 2. The lowest BCUT2D eigenvalue weighted by atomic mass is 10.1. The average Bonchev–Trinajstić information content (AvgIpc) is 2.89. The normalized spacial score (nSPS) is 10.4. The number of hydrogen-bond acceptors (Lipinski definition) is 3. The highest BCUT2D eigenvalue weighted by molar-refractivity contribution is 5.67. The summed E-state index contributed by atoms with van der Waals surface area (Å²) in [5, 5.41) is 7.13. The molecule has 0 aliphatic carbocycles. The Bertz CT molecular complexity index is 715. The molecule has 3 aromatic heterocycles. The van der Waals surface area contributed by atoms with E-state index in [4.69, 9.17) is 0 Å². The lowest BCUT2D eigenvalue weighted by Crippen LogP contribution is -2.01. The maximum atomic E-state index is 11.2. The number of nitrogens with one attached hydrogen (secondary N) is 2. The van der Waals surface area contributed by atoms with Crippen molar-refractivity contribution in [3.63, 3.8) is 0 Å². The third kappa shape index (κ3) is 1.93. The molecule has 0 unspecified atom stereocenters. The van der Waals surface area contributed by atoms with Crippen molar-refractivity contribution in [2.45, 2.75) is 0 Å². The molecule has 0 atom stereocenters. The Kier molecular flexibility index (Phi) is 2.49. The first-order valence-electron chi connectivity index (χ1n) is 5.48. The Morgan fingerprint density at radius 2 is 2.06 bits per heavy atom. The molecule has 0 saturated heterocycles. The second kappa shape index (κ2) is 4.29. The second-order valence-electron chi connectivity index (χ2n) is 3.85. The highest BCUT2D eigenvalue weighted by Gasteiger charge is 2.05. The van der Waals surface area contributed by atoms with Crippen LogP contribution in [0.2, 0.25) is 0 Å². The summed E-state index contributed by atoms with van der Waals surface area (Å²) in [4.78, 5) is 17.9. The predicted molar refractivity (Wildman–Crippen MR) is 67.9 cm³/mol. The zero-order valence-electron chi connectivity index (χ0n) is 9.42. The Balaban J connectivity index is 2.02. The standard InChI is InChI=1S/C13H10N4O/c18-13-6-9(3-5-15-13)11-7-12(17-16-11)10-2-1-4-14-8-10/h1-8H,(H,15,18)(H,16,17). The SMILES string of the molecule is O=c1cc(-c2cc(-c3cccnc3)n[nH]2)cc[nH]1. The minimum Gasteiger partial charge on any atom is -0.329 e. The third-order valence-electron chi connectivity index (χ3n) is 2.62. The Morgan fingerprint density at radius 3 is 2.83 bits per heavy atom. The third-order valence-corrected chi connectivity index (χ3v) is 2.62. The average molecular weight is 238 g/mol. The van der Waals surface area contributed by atoms with E-state index < -0.39 is 0 Å². The first-order chi connectivity index (χ1) is 8.83. The molecule has 0 aliphatic rings. The largest absolute Gasteiger partial charge is 0.329 e. The van der Waals surface area contributed by atoms with Gasteiger partial charge < -0.3 is 4.98 Å². The highest BCUT2D eigenvalue weighted by Crippen LogP contribution is 2.21. The van der Waals surface area contributed by atoms with Crippen molar-refractivity contribution in [2.24, 2.45) is 0 Å². The molecule has 5 heteroatoms. The number of rotatable bonds is 2. The van der Waals surface area contributed by atoms with Gasteiger partial charge in [0, 0.05) is 35.8 Å². The van der Waals surface area contributed by atoms with Crippen LogP contribution in [-0.2, 0) is 0 Å². The zero-order chi connectivity index (χ0) is 12.4. The van der Waals surface area contributed by atoms with E-state index in [-0.39, 0.29) is 5.56 Å². The lowest BCUT2D eigenvalue weighted by molar-refractivity contribution is 1.09. The van der Waals surface area contributed by atoms with Gasteiger partial charge in [-0.25, -0.2) is 0 Å². The molecule has 0 spiro atoms. The smallest absolute Gasteiger partial charge is 0.248 e. The summed E-state index contributed by atoms with van der Waals surface area (Å²) in [5.74, 6) is 0. The molecule has 88 valence electrons. The van der Waals surface area contributed by atoms with Crippen LogP contribution in [0.5, 0.6) is 0 Å². The van der Waals surface area contributed by atoms with E-state index in [0.717, 1.165) is 22.5 Å². The molecule has 3 heterocycles. The molecule has 3 aromatic rings. The zero-order valence-corrected chi connectivity index (χ0v) is 9.42. The first kappa shape index (κ1) is 10.5. The van der Waals surface area contributed by atoms with Crippen LogP contribution >= 0.6 is 0 Å². The fraction of sp³-hybridized carbons (Fsp3) is 0. The topological polar surface area (TPSA) is 74.4 Å². The minimum atomic E-state index is -0.134. The predicted octanol–water partition coefficient (Wildman–Crippen LogP) is 1.83. The maximum Gasteiger partial charge on any atom is 0.248 e. The molecular weight excluding hydrogens is 228 g/mol. The molecule has 0 fully saturated rings. The van der Waals surface area contributed by atoms with E-state index in [1.165, 1.54) is 6.07 Å². The van der Waals surface area contributed by atoms with Crippen LogP contribution in [0.4, 0.5) is 0 Å². The van der Waals surface area contributed by atoms with Gasteiger partial charge in [-0.2, -0.15) is 5.10 Å². The molecule has 0 saturated carbocycles. The van der Waals surface area contributed by atoms with E-state index in [1.807, 2.05) is 24.3 Å². The van der Waals surface area contributed by atoms with Crippen molar-refractivity contribution in [1.82, 2.24) is 20.2 Å². The summed E-state index contributed by atoms with van der Waals surface area (Å²) in [5.41, 5.74) is 3.22. The molecule has 0 aliphatic heterocycles. The van der Waals surface area contributed by atoms with Gasteiger partial charge in [0.2, 0.25) is 5.56 Å². The van der Waals surface area contributed by atoms with Crippen molar-refractivity contribution in [3.05, 3.63) is 59.3 Å². The molecule has 0 bridgehead atoms. The highest BCUT2D eigenvalue weighted by atomic mass is 16.1. The fourth-order valence-electron chi connectivity index (χ4n) is 1.74. The van der Waals surface area contributed by atoms with Crippen LogP contribution in [0.15, 0.2) is 53.7 Å². The van der Waals surface area contributed by atoms with Gasteiger partial charge >= 0.3 is 0 Å². The number of aromatic nitrogens is 4. The molecule has 3 rings (SSSR count). The minimum absolute atomic E-state index is 0.134. The van der Waals surface area contributed by atoms with E-state index in [1.54, 1.807) is 18.6 Å². The molecular formula is C13H10N4O. The summed E-state index contributed by atoms with van der Waals surface area (Å²) in [6.45, 7) is 0. The van der Waals surface area contributed by atoms with E-state index >= 15 is 0 Å². The second-order valence-corrected chi connectivity index (χ2v) is 3.85. The summed E-state index contributed by atoms with van der Waals surface area (Å²) < 4.78 is 0. The number of aromatic amines is 2. The number of H-pyrrole nitrogens is 2. The quantitative estimate of drug-likeness (QED) is 0.715. The number of hydrogen-bond donors (Lipinski definition) is 2. The van der Waals surface area contributed by atoms with E-state index in [2.05, 4.69) is 20.2 Å².